The summed E-state index contributed by atoms with van der Waals surface area (Å²) in [6.45, 7) is 13.3. The summed E-state index contributed by atoms with van der Waals surface area (Å²) in [5.74, 6) is 4.69. The van der Waals surface area contributed by atoms with Crippen molar-refractivity contribution in [3.8, 4) is 0 Å². The number of hydrogen-bond acceptors (Lipinski definition) is 5. The Morgan fingerprint density at radius 1 is 1.20 bits per heavy atom. The highest BCUT2D eigenvalue weighted by atomic mass is 32.2. The maximum Gasteiger partial charge on any atom is 0.208 e. The van der Waals surface area contributed by atoms with Gasteiger partial charge in [0.2, 0.25) is 5.89 Å². The molecule has 2 heterocycles. The molecule has 30 heavy (non-hydrogen) atoms. The second-order valence-corrected chi connectivity index (χ2v) is 10.4. The maximum atomic E-state index is 5.75. The van der Waals surface area contributed by atoms with E-state index in [2.05, 4.69) is 46.1 Å². The van der Waals surface area contributed by atoms with Gasteiger partial charge in [0.05, 0.1) is 12.2 Å². The van der Waals surface area contributed by atoms with Crippen molar-refractivity contribution in [2.75, 3.05) is 31.9 Å². The van der Waals surface area contributed by atoms with E-state index in [-0.39, 0.29) is 0 Å². The largest absolute Gasteiger partial charge is 0.444 e. The molecule has 2 N–H and O–H groups in total. The van der Waals surface area contributed by atoms with Crippen LogP contribution >= 0.6 is 11.8 Å². The van der Waals surface area contributed by atoms with Gasteiger partial charge >= 0.3 is 0 Å². The lowest BCUT2D eigenvalue weighted by atomic mass is 9.95. The molecule has 1 saturated carbocycles. The van der Waals surface area contributed by atoms with Gasteiger partial charge in [-0.05, 0) is 77.6 Å². The number of hydrogen-bond donors (Lipinski definition) is 2. The van der Waals surface area contributed by atoms with Crippen molar-refractivity contribution in [1.29, 1.82) is 0 Å². The Hall–Kier alpha value is -1.21. The van der Waals surface area contributed by atoms with E-state index < -0.39 is 0 Å². The van der Waals surface area contributed by atoms with Crippen molar-refractivity contribution in [3.05, 3.63) is 17.3 Å². The third-order valence-electron chi connectivity index (χ3n) is 6.36. The van der Waals surface area contributed by atoms with E-state index in [0.29, 0.717) is 12.0 Å². The first-order valence-electron chi connectivity index (χ1n) is 11.9. The topological polar surface area (TPSA) is 65.7 Å². The summed E-state index contributed by atoms with van der Waals surface area (Å²) in [5, 5.41) is 8.00. The molecule has 7 heteroatoms. The zero-order valence-corrected chi connectivity index (χ0v) is 20.2. The maximum absolute atomic E-state index is 5.75. The Morgan fingerprint density at radius 2 is 2.00 bits per heavy atom. The second-order valence-electron chi connectivity index (χ2n) is 8.77. The van der Waals surface area contributed by atoms with Crippen LogP contribution in [0.4, 0.5) is 0 Å². The summed E-state index contributed by atoms with van der Waals surface area (Å²) in [4.78, 5) is 12.0. The Labute approximate surface area is 187 Å². The normalized spacial score (nSPS) is 24.2. The predicted molar refractivity (Wildman–Crippen MR) is 127 cm³/mol. The molecular weight excluding hydrogens is 394 g/mol. The quantitative estimate of drug-likeness (QED) is 0.473. The minimum atomic E-state index is 0.565. The summed E-state index contributed by atoms with van der Waals surface area (Å²) in [5.41, 5.74) is 1.01. The van der Waals surface area contributed by atoms with Crippen LogP contribution in [0.2, 0.25) is 0 Å². The molecule has 2 aliphatic rings. The number of aromatic nitrogens is 1. The molecule has 0 radical (unpaired) electrons. The Morgan fingerprint density at radius 3 is 2.67 bits per heavy atom. The summed E-state index contributed by atoms with van der Waals surface area (Å²) >= 11 is 2.12. The van der Waals surface area contributed by atoms with Gasteiger partial charge in [-0.25, -0.2) is 4.98 Å². The van der Waals surface area contributed by atoms with Crippen LogP contribution in [0.3, 0.4) is 0 Å². The average Bonchev–Trinajstić information content (AvgIpc) is 3.05. The van der Waals surface area contributed by atoms with Gasteiger partial charge in [0, 0.05) is 24.4 Å². The first kappa shape index (κ1) is 23.5. The summed E-state index contributed by atoms with van der Waals surface area (Å²) in [7, 11) is 0. The van der Waals surface area contributed by atoms with Crippen LogP contribution in [0.15, 0.2) is 9.41 Å². The fourth-order valence-corrected chi connectivity index (χ4v) is 5.70. The van der Waals surface area contributed by atoms with E-state index in [1.807, 2.05) is 13.8 Å². The van der Waals surface area contributed by atoms with Crippen molar-refractivity contribution < 1.29 is 4.42 Å². The van der Waals surface area contributed by atoms with Crippen LogP contribution in [0.5, 0.6) is 0 Å². The molecule has 0 amide bonds. The zero-order chi connectivity index (χ0) is 21.3. The van der Waals surface area contributed by atoms with Crippen LogP contribution in [0.25, 0.3) is 0 Å². The highest BCUT2D eigenvalue weighted by molar-refractivity contribution is 7.99. The van der Waals surface area contributed by atoms with Gasteiger partial charge in [-0.1, -0.05) is 13.3 Å². The van der Waals surface area contributed by atoms with Gasteiger partial charge in [0.1, 0.15) is 5.76 Å². The molecule has 1 aromatic heterocycles. The number of piperidine rings is 1. The van der Waals surface area contributed by atoms with Crippen LogP contribution in [-0.2, 0) is 6.54 Å². The smallest absolute Gasteiger partial charge is 0.208 e. The van der Waals surface area contributed by atoms with Gasteiger partial charge in [-0.2, -0.15) is 11.8 Å². The standard InChI is InChI=1S/C23H41N5OS/c1-5-24-23(27-20-8-7-9-21(14-20)30-6-2)25-15-19-10-12-28(13-11-19)16-22-26-17(3)18(4)29-22/h19-21H,5-16H2,1-4H3,(H2,24,25,27). The van der Waals surface area contributed by atoms with Crippen molar-refractivity contribution in [2.24, 2.45) is 10.9 Å². The van der Waals surface area contributed by atoms with Gasteiger partial charge in [0.15, 0.2) is 5.96 Å². The minimum absolute atomic E-state index is 0.565. The number of rotatable bonds is 8. The highest BCUT2D eigenvalue weighted by Gasteiger charge is 2.24. The first-order chi connectivity index (χ1) is 14.6. The number of aryl methyl sites for hydroxylation is 2. The Bertz CT molecular complexity index is 647. The fraction of sp³-hybridized carbons (Fsp3) is 0.826. The van der Waals surface area contributed by atoms with E-state index in [9.17, 15) is 0 Å². The number of aliphatic imine (C=N–C) groups is 1. The Balaban J connectivity index is 1.43. The molecular formula is C23H41N5OS. The van der Waals surface area contributed by atoms with E-state index >= 15 is 0 Å². The molecule has 2 fully saturated rings. The number of nitrogens with zero attached hydrogens (tertiary/aromatic N) is 3. The molecule has 1 aliphatic heterocycles. The highest BCUT2D eigenvalue weighted by Crippen LogP contribution is 2.28. The molecule has 6 nitrogen and oxygen atoms in total. The lowest BCUT2D eigenvalue weighted by Gasteiger charge is -2.31. The minimum Gasteiger partial charge on any atom is -0.444 e. The van der Waals surface area contributed by atoms with E-state index in [1.165, 1.54) is 44.3 Å². The molecule has 1 aliphatic carbocycles. The van der Waals surface area contributed by atoms with Crippen molar-refractivity contribution >= 4 is 17.7 Å². The Kier molecular flexibility index (Phi) is 9.37. The summed E-state index contributed by atoms with van der Waals surface area (Å²) in [6.07, 6.45) is 7.62. The molecule has 3 rings (SSSR count). The van der Waals surface area contributed by atoms with Gasteiger partial charge in [0.25, 0.3) is 0 Å². The van der Waals surface area contributed by atoms with E-state index in [4.69, 9.17) is 9.41 Å². The third kappa shape index (κ3) is 7.19. The van der Waals surface area contributed by atoms with Crippen molar-refractivity contribution in [3.63, 3.8) is 0 Å². The molecule has 1 aromatic rings. The second kappa shape index (κ2) is 12.0. The van der Waals surface area contributed by atoms with Crippen molar-refractivity contribution in [2.45, 2.75) is 84.1 Å². The number of likely N-dealkylation sites (tertiary alicyclic amines) is 1. The molecule has 0 aromatic carbocycles. The van der Waals surface area contributed by atoms with Crippen LogP contribution < -0.4 is 10.6 Å². The van der Waals surface area contributed by atoms with Crippen LogP contribution in [0, 0.1) is 19.8 Å². The number of guanidine groups is 1. The molecule has 2 unspecified atom stereocenters. The molecule has 170 valence electrons. The van der Waals surface area contributed by atoms with Crippen LogP contribution in [0.1, 0.15) is 69.7 Å². The van der Waals surface area contributed by atoms with Crippen LogP contribution in [-0.4, -0.2) is 59.1 Å². The third-order valence-corrected chi connectivity index (χ3v) is 7.59. The van der Waals surface area contributed by atoms with E-state index in [1.54, 1.807) is 0 Å². The number of thioether (sulfide) groups is 1. The van der Waals surface area contributed by atoms with Gasteiger partial charge in [-0.3, -0.25) is 9.89 Å². The monoisotopic (exact) mass is 435 g/mol. The lowest BCUT2D eigenvalue weighted by Crippen LogP contribution is -2.46. The molecule has 1 saturated heterocycles. The number of oxazole rings is 1. The average molecular weight is 436 g/mol. The van der Waals surface area contributed by atoms with Crippen molar-refractivity contribution in [1.82, 2.24) is 20.5 Å². The zero-order valence-electron chi connectivity index (χ0n) is 19.4. The van der Waals surface area contributed by atoms with E-state index in [0.717, 1.165) is 61.3 Å². The lowest BCUT2D eigenvalue weighted by molar-refractivity contribution is 0.166. The molecule has 0 bridgehead atoms. The fourth-order valence-electron chi connectivity index (χ4n) is 4.52. The summed E-state index contributed by atoms with van der Waals surface area (Å²) in [6, 6.07) is 0.565. The SMILES string of the molecule is CCNC(=NCC1CCN(Cc2nc(C)c(C)o2)CC1)NC1CCCC(SCC)C1. The molecule has 2 atom stereocenters. The number of nitrogens with one attached hydrogen (secondary N) is 2. The summed E-state index contributed by atoms with van der Waals surface area (Å²) < 4.78 is 5.75. The predicted octanol–water partition coefficient (Wildman–Crippen LogP) is 4.12. The van der Waals surface area contributed by atoms with Gasteiger partial charge < -0.3 is 15.1 Å². The van der Waals surface area contributed by atoms with Gasteiger partial charge in [-0.15, -0.1) is 0 Å². The first-order valence-corrected chi connectivity index (χ1v) is 12.9. The molecule has 0 spiro atoms.